The van der Waals surface area contributed by atoms with E-state index < -0.39 is 0 Å². The summed E-state index contributed by atoms with van der Waals surface area (Å²) >= 11 is 6.78. The van der Waals surface area contributed by atoms with E-state index in [2.05, 4.69) is 10.6 Å². The van der Waals surface area contributed by atoms with Crippen LogP contribution in [0.2, 0.25) is 5.02 Å². The molecule has 2 fully saturated rings. The molecule has 8 heteroatoms. The lowest BCUT2D eigenvalue weighted by Gasteiger charge is -2.23. The van der Waals surface area contributed by atoms with Gasteiger partial charge in [-0.3, -0.25) is 19.3 Å². The summed E-state index contributed by atoms with van der Waals surface area (Å²) in [5.41, 5.74) is 0.811. The first-order chi connectivity index (χ1) is 13.0. The fourth-order valence-electron chi connectivity index (χ4n) is 3.07. The van der Waals surface area contributed by atoms with Crippen LogP contribution in [0.1, 0.15) is 31.2 Å². The van der Waals surface area contributed by atoms with E-state index >= 15 is 0 Å². The Kier molecular flexibility index (Phi) is 6.93. The number of piperidine rings is 1. The summed E-state index contributed by atoms with van der Waals surface area (Å²) in [6.07, 6.45) is 4.32. The molecule has 0 radical (unpaired) electrons. The zero-order valence-corrected chi connectivity index (χ0v) is 16.4. The Bertz CT molecular complexity index is 745. The van der Waals surface area contributed by atoms with Crippen LogP contribution in [0, 0.1) is 0 Å². The molecule has 2 saturated heterocycles. The predicted molar refractivity (Wildman–Crippen MR) is 107 cm³/mol. The van der Waals surface area contributed by atoms with Crippen molar-refractivity contribution < 1.29 is 14.4 Å². The maximum atomic E-state index is 12.5. The maximum Gasteiger partial charge on any atom is 0.293 e. The lowest BCUT2D eigenvalue weighted by Crippen LogP contribution is -2.42. The molecule has 0 bridgehead atoms. The van der Waals surface area contributed by atoms with E-state index in [4.69, 9.17) is 11.6 Å². The van der Waals surface area contributed by atoms with Crippen LogP contribution in [0.5, 0.6) is 0 Å². The first kappa shape index (κ1) is 19.9. The Hall–Kier alpha value is -1.83. The Morgan fingerprint density at radius 3 is 2.67 bits per heavy atom. The molecule has 0 aliphatic carbocycles. The predicted octanol–water partition coefficient (Wildman–Crippen LogP) is 3.02. The second-order valence-corrected chi connectivity index (χ2v) is 8.01. The lowest BCUT2D eigenvalue weighted by atomic mass is 10.1. The van der Waals surface area contributed by atoms with Gasteiger partial charge in [-0.2, -0.15) is 0 Å². The van der Waals surface area contributed by atoms with Crippen LogP contribution >= 0.6 is 23.4 Å². The van der Waals surface area contributed by atoms with Crippen molar-refractivity contribution in [2.45, 2.75) is 31.7 Å². The monoisotopic (exact) mass is 407 g/mol. The van der Waals surface area contributed by atoms with Crippen molar-refractivity contribution in [1.29, 1.82) is 0 Å². The first-order valence-electron chi connectivity index (χ1n) is 9.04. The Morgan fingerprint density at radius 1 is 1.26 bits per heavy atom. The van der Waals surface area contributed by atoms with Gasteiger partial charge in [0.15, 0.2) is 0 Å². The fourth-order valence-corrected chi connectivity index (χ4v) is 4.06. The van der Waals surface area contributed by atoms with Crippen LogP contribution in [-0.4, -0.2) is 47.6 Å². The van der Waals surface area contributed by atoms with Crippen LogP contribution in [0.15, 0.2) is 29.2 Å². The van der Waals surface area contributed by atoms with Crippen molar-refractivity contribution in [2.75, 3.05) is 19.6 Å². The highest BCUT2D eigenvalue weighted by atomic mass is 35.5. The minimum Gasteiger partial charge on any atom is -0.353 e. The molecular formula is C19H22ClN3O3S. The van der Waals surface area contributed by atoms with E-state index in [-0.39, 0.29) is 29.6 Å². The molecule has 2 N–H and O–H groups in total. The van der Waals surface area contributed by atoms with Gasteiger partial charge in [-0.15, -0.1) is 0 Å². The minimum absolute atomic E-state index is 0.0226. The highest BCUT2D eigenvalue weighted by molar-refractivity contribution is 8.18. The van der Waals surface area contributed by atoms with E-state index in [1.807, 2.05) is 0 Å². The van der Waals surface area contributed by atoms with Crippen molar-refractivity contribution in [3.05, 3.63) is 39.8 Å². The first-order valence-corrected chi connectivity index (χ1v) is 10.2. The molecule has 27 heavy (non-hydrogen) atoms. The van der Waals surface area contributed by atoms with Crippen LogP contribution in [0.3, 0.4) is 0 Å². The minimum atomic E-state index is -0.307. The number of nitrogens with zero attached hydrogens (tertiary/aromatic N) is 1. The number of hydrogen-bond acceptors (Lipinski definition) is 5. The number of carbonyl (C=O) groups excluding carboxylic acids is 3. The van der Waals surface area contributed by atoms with Gasteiger partial charge in [0, 0.05) is 24.0 Å². The summed E-state index contributed by atoms with van der Waals surface area (Å²) in [6, 6.07) is 7.28. The Balaban J connectivity index is 1.48. The molecule has 0 spiro atoms. The van der Waals surface area contributed by atoms with Gasteiger partial charge in [0.25, 0.3) is 11.1 Å². The second kappa shape index (κ2) is 9.39. The summed E-state index contributed by atoms with van der Waals surface area (Å²) < 4.78 is 0. The quantitative estimate of drug-likeness (QED) is 0.708. The van der Waals surface area contributed by atoms with Gasteiger partial charge in [-0.1, -0.05) is 23.7 Å². The molecule has 0 atom stereocenters. The van der Waals surface area contributed by atoms with E-state index in [1.54, 1.807) is 30.3 Å². The topological polar surface area (TPSA) is 78.5 Å². The highest BCUT2D eigenvalue weighted by Crippen LogP contribution is 2.32. The smallest absolute Gasteiger partial charge is 0.293 e. The molecule has 2 aliphatic heterocycles. The third-order valence-corrected chi connectivity index (χ3v) is 5.69. The third-order valence-electron chi connectivity index (χ3n) is 4.53. The molecule has 3 rings (SSSR count). The molecule has 6 nitrogen and oxygen atoms in total. The number of hydrogen-bond donors (Lipinski definition) is 2. The standard InChI is InChI=1S/C19H22ClN3O3S/c20-14-5-3-13(4-6-14)12-16-18(25)23(19(26)27-16)11-1-2-17(24)22-15-7-9-21-10-8-15/h3-6,12,15,21H,1-2,7-11H2,(H,22,24). The highest BCUT2D eigenvalue weighted by Gasteiger charge is 2.34. The fraction of sp³-hybridized carbons (Fsp3) is 0.421. The number of halogens is 1. The van der Waals surface area contributed by atoms with Gasteiger partial charge in [-0.05, 0) is 67.9 Å². The normalized spacial score (nSPS) is 19.7. The number of rotatable bonds is 6. The number of nitrogens with one attached hydrogen (secondary N) is 2. The molecule has 0 saturated carbocycles. The largest absolute Gasteiger partial charge is 0.353 e. The van der Waals surface area contributed by atoms with Gasteiger partial charge in [0.05, 0.1) is 4.91 Å². The number of carbonyl (C=O) groups is 3. The number of amides is 3. The molecule has 2 aliphatic rings. The van der Waals surface area contributed by atoms with Crippen molar-refractivity contribution in [3.8, 4) is 0 Å². The summed E-state index contributed by atoms with van der Waals surface area (Å²) in [6.45, 7) is 2.09. The molecule has 0 aromatic heterocycles. The van der Waals surface area contributed by atoms with E-state index in [1.165, 1.54) is 4.90 Å². The van der Waals surface area contributed by atoms with Crippen LogP contribution in [-0.2, 0) is 9.59 Å². The molecular weight excluding hydrogens is 386 g/mol. The van der Waals surface area contributed by atoms with Crippen molar-refractivity contribution >= 4 is 46.5 Å². The molecule has 1 aromatic carbocycles. The number of benzene rings is 1. The lowest BCUT2D eigenvalue weighted by molar-refractivity contribution is -0.124. The zero-order chi connectivity index (χ0) is 19.2. The van der Waals surface area contributed by atoms with Crippen molar-refractivity contribution in [1.82, 2.24) is 15.5 Å². The Labute approximate surface area is 167 Å². The zero-order valence-electron chi connectivity index (χ0n) is 14.9. The summed E-state index contributed by atoms with van der Waals surface area (Å²) in [5.74, 6) is -0.329. The van der Waals surface area contributed by atoms with E-state index in [9.17, 15) is 14.4 Å². The van der Waals surface area contributed by atoms with Crippen molar-refractivity contribution in [2.24, 2.45) is 0 Å². The molecule has 1 aromatic rings. The van der Waals surface area contributed by atoms with Crippen LogP contribution in [0.4, 0.5) is 4.79 Å². The molecule has 2 heterocycles. The molecule has 144 valence electrons. The van der Waals surface area contributed by atoms with Gasteiger partial charge >= 0.3 is 0 Å². The number of imide groups is 1. The van der Waals surface area contributed by atoms with Crippen LogP contribution in [0.25, 0.3) is 6.08 Å². The molecule has 0 unspecified atom stereocenters. The van der Waals surface area contributed by atoms with Gasteiger partial charge in [0.1, 0.15) is 0 Å². The summed E-state index contributed by atoms with van der Waals surface area (Å²) in [7, 11) is 0. The van der Waals surface area contributed by atoms with Gasteiger partial charge < -0.3 is 10.6 Å². The van der Waals surface area contributed by atoms with Gasteiger partial charge in [0.2, 0.25) is 5.91 Å². The maximum absolute atomic E-state index is 12.5. The summed E-state index contributed by atoms with van der Waals surface area (Å²) in [5, 5.41) is 6.59. The second-order valence-electron chi connectivity index (χ2n) is 6.58. The third kappa shape index (κ3) is 5.57. The van der Waals surface area contributed by atoms with Crippen LogP contribution < -0.4 is 10.6 Å². The number of thioether (sulfide) groups is 1. The van der Waals surface area contributed by atoms with Gasteiger partial charge in [-0.25, -0.2) is 0 Å². The average Bonchev–Trinajstić information content (AvgIpc) is 2.92. The summed E-state index contributed by atoms with van der Waals surface area (Å²) in [4.78, 5) is 38.2. The molecule has 3 amide bonds. The Morgan fingerprint density at radius 2 is 1.96 bits per heavy atom. The van der Waals surface area contributed by atoms with E-state index in [0.717, 1.165) is 43.3 Å². The van der Waals surface area contributed by atoms with Crippen molar-refractivity contribution in [3.63, 3.8) is 0 Å². The SMILES string of the molecule is O=C(CCCN1C(=O)SC(=Cc2ccc(Cl)cc2)C1=O)NC1CCNCC1. The average molecular weight is 408 g/mol. The van der Waals surface area contributed by atoms with E-state index in [0.29, 0.717) is 22.8 Å².